The minimum atomic E-state index is -4.65. The average molecular weight is 511 g/mol. The predicted molar refractivity (Wildman–Crippen MR) is 126 cm³/mol. The Bertz CT molecular complexity index is 1450. The standard InChI is InChI=1S/C25H20F3N5O4/c1-12(30)31-17-9-13(11-29)8-16(23(35)36)20(17)22-21-18(6-7-19(21)34)33(24(37)32(22)2)15-5-3-4-14(10-15)25(26,27)28/h3-5,8-10,22H,6-7H2,1-2H3,(H2,30,31)(H,35,36). The maximum atomic E-state index is 13.6. The summed E-state index contributed by atoms with van der Waals surface area (Å²) in [5, 5.41) is 19.4. The van der Waals surface area contributed by atoms with Crippen molar-refractivity contribution in [2.24, 2.45) is 10.7 Å². The number of urea groups is 1. The second-order valence-electron chi connectivity index (χ2n) is 8.59. The van der Waals surface area contributed by atoms with Gasteiger partial charge in [0.1, 0.15) is 0 Å². The lowest BCUT2D eigenvalue weighted by Crippen LogP contribution is -2.48. The number of ketones is 1. The SMILES string of the molecule is CC(N)=Nc1cc(C#N)cc(C(=O)O)c1C1C2=C(CCC2=O)N(c2cccc(C(F)(F)F)c2)C(=O)N1C. The number of aliphatic imine (C=N–C) groups is 1. The molecular weight excluding hydrogens is 491 g/mol. The fourth-order valence-corrected chi connectivity index (χ4v) is 4.66. The minimum absolute atomic E-state index is 0.0137. The number of alkyl halides is 3. The van der Waals surface area contributed by atoms with Gasteiger partial charge < -0.3 is 15.7 Å². The molecule has 0 aromatic heterocycles. The van der Waals surface area contributed by atoms with Crippen LogP contribution in [-0.2, 0) is 11.0 Å². The van der Waals surface area contributed by atoms with Gasteiger partial charge in [0, 0.05) is 30.3 Å². The number of hydrogen-bond acceptors (Lipinski definition) is 5. The number of carbonyl (C=O) groups excluding carboxylic acids is 2. The van der Waals surface area contributed by atoms with Crippen LogP contribution in [-0.4, -0.2) is 40.7 Å². The number of halogens is 3. The van der Waals surface area contributed by atoms with E-state index < -0.39 is 35.6 Å². The van der Waals surface area contributed by atoms with E-state index >= 15 is 0 Å². The number of hydrogen-bond donors (Lipinski definition) is 2. The topological polar surface area (TPSA) is 140 Å². The van der Waals surface area contributed by atoms with Crippen LogP contribution in [0.1, 0.15) is 52.9 Å². The molecule has 9 nitrogen and oxygen atoms in total. The molecule has 1 aliphatic carbocycles. The fraction of sp³-hybridized carbons (Fsp3) is 0.240. The number of amidine groups is 1. The smallest absolute Gasteiger partial charge is 0.416 e. The molecule has 0 fully saturated rings. The van der Waals surface area contributed by atoms with Gasteiger partial charge in [0.25, 0.3) is 0 Å². The average Bonchev–Trinajstić information content (AvgIpc) is 3.19. The summed E-state index contributed by atoms with van der Waals surface area (Å²) in [7, 11) is 1.32. The first-order chi connectivity index (χ1) is 17.3. The maximum absolute atomic E-state index is 13.6. The van der Waals surface area contributed by atoms with Gasteiger partial charge in [-0.05, 0) is 43.7 Å². The normalized spacial score (nSPS) is 18.3. The van der Waals surface area contributed by atoms with Gasteiger partial charge in [-0.2, -0.15) is 18.4 Å². The van der Waals surface area contributed by atoms with Crippen LogP contribution < -0.4 is 10.6 Å². The van der Waals surface area contributed by atoms with E-state index in [1.807, 2.05) is 6.07 Å². The van der Waals surface area contributed by atoms with Crippen molar-refractivity contribution in [3.63, 3.8) is 0 Å². The van der Waals surface area contributed by atoms with Crippen LogP contribution in [0.3, 0.4) is 0 Å². The van der Waals surface area contributed by atoms with E-state index in [0.29, 0.717) is 0 Å². The van der Waals surface area contributed by atoms with E-state index in [1.54, 1.807) is 0 Å². The van der Waals surface area contributed by atoms with Crippen molar-refractivity contribution in [3.8, 4) is 6.07 Å². The largest absolute Gasteiger partial charge is 0.478 e. The minimum Gasteiger partial charge on any atom is -0.478 e. The molecule has 0 bridgehead atoms. The van der Waals surface area contributed by atoms with Crippen LogP contribution in [0, 0.1) is 11.3 Å². The number of allylic oxidation sites excluding steroid dienone is 1. The lowest BCUT2D eigenvalue weighted by molar-refractivity contribution is -0.137. The molecular formula is C25H20F3N5O4. The van der Waals surface area contributed by atoms with E-state index in [9.17, 15) is 37.9 Å². The van der Waals surface area contributed by atoms with E-state index in [0.717, 1.165) is 34.1 Å². The van der Waals surface area contributed by atoms with Crippen molar-refractivity contribution in [2.45, 2.75) is 32.0 Å². The molecule has 0 spiro atoms. The lowest BCUT2D eigenvalue weighted by Gasteiger charge is -2.41. The number of benzene rings is 2. The number of anilines is 1. The monoisotopic (exact) mass is 511 g/mol. The van der Waals surface area contributed by atoms with E-state index in [4.69, 9.17) is 5.73 Å². The Hall–Kier alpha value is -4.66. The van der Waals surface area contributed by atoms with Gasteiger partial charge in [-0.3, -0.25) is 9.69 Å². The van der Waals surface area contributed by atoms with Crippen LogP contribution in [0.5, 0.6) is 0 Å². The Morgan fingerprint density at radius 2 is 1.92 bits per heavy atom. The molecule has 1 aliphatic heterocycles. The third-order valence-electron chi connectivity index (χ3n) is 6.14. The number of aromatic carboxylic acids is 1. The van der Waals surface area contributed by atoms with Crippen LogP contribution in [0.15, 0.2) is 52.7 Å². The summed E-state index contributed by atoms with van der Waals surface area (Å²) in [5.74, 6) is -1.78. The van der Waals surface area contributed by atoms with Gasteiger partial charge in [0.2, 0.25) is 0 Å². The van der Waals surface area contributed by atoms with Gasteiger partial charge in [-0.15, -0.1) is 0 Å². The molecule has 2 aromatic rings. The molecule has 2 amide bonds. The molecule has 3 N–H and O–H groups in total. The van der Waals surface area contributed by atoms with E-state index in [-0.39, 0.29) is 58.0 Å². The zero-order chi connectivity index (χ0) is 27.2. The Balaban J connectivity index is 2.01. The van der Waals surface area contributed by atoms with E-state index in [1.165, 1.54) is 26.1 Å². The van der Waals surface area contributed by atoms with Crippen molar-refractivity contribution in [3.05, 3.63) is 69.9 Å². The molecule has 4 rings (SSSR count). The Kier molecular flexibility index (Phi) is 6.25. The van der Waals surface area contributed by atoms with Crippen molar-refractivity contribution >= 4 is 35.0 Å². The highest BCUT2D eigenvalue weighted by Crippen LogP contribution is 2.48. The number of carbonyl (C=O) groups is 3. The van der Waals surface area contributed by atoms with Crippen molar-refractivity contribution in [2.75, 3.05) is 11.9 Å². The first-order valence-electron chi connectivity index (χ1n) is 11.0. The van der Waals surface area contributed by atoms with Crippen molar-refractivity contribution in [1.82, 2.24) is 4.90 Å². The summed E-state index contributed by atoms with van der Waals surface area (Å²) >= 11 is 0. The molecule has 1 unspecified atom stereocenters. The number of nitriles is 1. The molecule has 37 heavy (non-hydrogen) atoms. The first-order valence-corrected chi connectivity index (χ1v) is 11.0. The number of amides is 2. The third-order valence-corrected chi connectivity index (χ3v) is 6.14. The number of carboxylic acid groups (broad SMARTS) is 1. The Labute approximate surface area is 208 Å². The van der Waals surface area contributed by atoms with Gasteiger partial charge in [0.15, 0.2) is 5.78 Å². The highest BCUT2D eigenvalue weighted by atomic mass is 19.4. The van der Waals surface area contributed by atoms with Crippen molar-refractivity contribution in [1.29, 1.82) is 5.26 Å². The summed E-state index contributed by atoms with van der Waals surface area (Å²) in [6.45, 7) is 1.44. The third kappa shape index (κ3) is 4.40. The van der Waals surface area contributed by atoms with Gasteiger partial charge in [0.05, 0.1) is 46.0 Å². The molecule has 0 radical (unpaired) electrons. The Morgan fingerprint density at radius 3 is 2.51 bits per heavy atom. The molecule has 12 heteroatoms. The van der Waals surface area contributed by atoms with Gasteiger partial charge in [-0.1, -0.05) is 6.07 Å². The van der Waals surface area contributed by atoms with E-state index in [2.05, 4.69) is 4.99 Å². The van der Waals surface area contributed by atoms with Crippen LogP contribution >= 0.6 is 0 Å². The lowest BCUT2D eigenvalue weighted by atomic mass is 9.87. The predicted octanol–water partition coefficient (Wildman–Crippen LogP) is 4.51. The van der Waals surface area contributed by atoms with Gasteiger partial charge in [-0.25, -0.2) is 14.6 Å². The quantitative estimate of drug-likeness (QED) is 0.457. The molecule has 1 atom stereocenters. The second kappa shape index (κ2) is 9.09. The zero-order valence-electron chi connectivity index (χ0n) is 19.6. The summed E-state index contributed by atoms with van der Waals surface area (Å²) < 4.78 is 40.1. The molecule has 2 aliphatic rings. The summed E-state index contributed by atoms with van der Waals surface area (Å²) in [5.41, 5.74) is 4.51. The number of Topliss-reactive ketones (excluding diaryl/α,β-unsaturated/α-hetero) is 1. The number of nitrogens with zero attached hydrogens (tertiary/aromatic N) is 4. The number of rotatable bonds is 4. The van der Waals surface area contributed by atoms with Crippen LogP contribution in [0.25, 0.3) is 0 Å². The molecule has 0 saturated carbocycles. The summed E-state index contributed by atoms with van der Waals surface area (Å²) in [6.07, 6.45) is -4.61. The molecule has 1 heterocycles. The molecule has 0 saturated heterocycles. The second-order valence-corrected chi connectivity index (χ2v) is 8.59. The van der Waals surface area contributed by atoms with Crippen molar-refractivity contribution < 1.29 is 32.7 Å². The number of nitrogens with two attached hydrogens (primary N) is 1. The summed E-state index contributed by atoms with van der Waals surface area (Å²) in [6, 6.07) is 6.45. The molecule has 190 valence electrons. The first kappa shape index (κ1) is 25.4. The summed E-state index contributed by atoms with van der Waals surface area (Å²) in [4.78, 5) is 45.3. The maximum Gasteiger partial charge on any atom is 0.416 e. The zero-order valence-corrected chi connectivity index (χ0v) is 19.6. The number of carboxylic acids is 1. The Morgan fingerprint density at radius 1 is 1.22 bits per heavy atom. The fourth-order valence-electron chi connectivity index (χ4n) is 4.66. The highest BCUT2D eigenvalue weighted by Gasteiger charge is 2.46. The number of likely N-dealkylation sites (N-methyl/N-ethyl adjacent to an activating group) is 1. The molecule has 2 aromatic carbocycles. The highest BCUT2D eigenvalue weighted by molar-refractivity contribution is 6.09. The van der Waals surface area contributed by atoms with Gasteiger partial charge >= 0.3 is 18.2 Å². The van der Waals surface area contributed by atoms with Crippen LogP contribution in [0.2, 0.25) is 0 Å². The van der Waals surface area contributed by atoms with Crippen LogP contribution in [0.4, 0.5) is 29.3 Å².